The zero-order valence-electron chi connectivity index (χ0n) is 25.9. The summed E-state index contributed by atoms with van der Waals surface area (Å²) in [6.45, 7) is 12.8. The van der Waals surface area contributed by atoms with Gasteiger partial charge >= 0.3 is 0 Å². The molecule has 2 aromatic rings. The van der Waals surface area contributed by atoms with Gasteiger partial charge in [-0.3, -0.25) is 0 Å². The van der Waals surface area contributed by atoms with Crippen LogP contribution in [0.1, 0.15) is 135 Å². The lowest BCUT2D eigenvalue weighted by molar-refractivity contribution is -0.698. The number of benzene rings is 1. The summed E-state index contributed by atoms with van der Waals surface area (Å²) >= 11 is 0. The molecule has 1 aromatic heterocycles. The van der Waals surface area contributed by atoms with Gasteiger partial charge in [-0.2, -0.15) is 4.57 Å². The number of unbranched alkanes of at least 4 members (excludes halogenated alkanes) is 13. The Kier molecular flexibility index (Phi) is 18.2. The quantitative estimate of drug-likeness (QED) is 0.104. The van der Waals surface area contributed by atoms with E-state index in [2.05, 4.69) is 91.9 Å². The van der Waals surface area contributed by atoms with Gasteiger partial charge in [-0.15, -0.1) is 0 Å². The molecule has 0 atom stereocenters. The fourth-order valence-electron chi connectivity index (χ4n) is 5.31. The van der Waals surface area contributed by atoms with Gasteiger partial charge in [0.2, 0.25) is 5.69 Å². The molecule has 39 heavy (non-hydrogen) atoms. The Morgan fingerprint density at radius 1 is 0.667 bits per heavy atom. The Hall–Kier alpha value is -2.29. The fraction of sp³-hybridized carbons (Fsp3) is 0.639. The molecule has 0 spiro atoms. The molecular weight excluding hydrogens is 476 g/mol. The molecule has 1 aromatic carbocycles. The maximum absolute atomic E-state index is 6.41. The highest BCUT2D eigenvalue weighted by Gasteiger charge is 2.09. The van der Waals surface area contributed by atoms with E-state index < -0.39 is 0 Å². The molecule has 0 saturated heterocycles. The molecule has 0 amide bonds. The van der Waals surface area contributed by atoms with Gasteiger partial charge in [-0.05, 0) is 44.5 Å². The van der Waals surface area contributed by atoms with Crippen molar-refractivity contribution in [3.63, 3.8) is 0 Å². The van der Waals surface area contributed by atoms with Gasteiger partial charge in [0.25, 0.3) is 0 Å². The number of rotatable bonds is 23. The first-order valence-electron chi connectivity index (χ1n) is 16.4. The average molecular weight is 536 g/mol. The number of pyridine rings is 1. The number of nitrogens with zero attached hydrogens (tertiary/aromatic N) is 2. The second-order valence-corrected chi connectivity index (χ2v) is 11.0. The highest BCUT2D eigenvalue weighted by atomic mass is 16.5. The topological polar surface area (TPSA) is 16.4 Å². The van der Waals surface area contributed by atoms with Crippen LogP contribution in [0.2, 0.25) is 0 Å². The van der Waals surface area contributed by atoms with Crippen molar-refractivity contribution in [2.45, 2.75) is 131 Å². The third kappa shape index (κ3) is 13.6. The van der Waals surface area contributed by atoms with Crippen molar-refractivity contribution in [3.8, 4) is 5.75 Å². The van der Waals surface area contributed by atoms with E-state index in [4.69, 9.17) is 4.74 Å². The first-order valence-corrected chi connectivity index (χ1v) is 16.4. The number of aromatic nitrogens is 1. The molecule has 0 bridgehead atoms. The molecule has 0 unspecified atom stereocenters. The Labute approximate surface area is 241 Å². The molecule has 0 fully saturated rings. The van der Waals surface area contributed by atoms with Gasteiger partial charge in [0.05, 0.1) is 6.61 Å². The molecule has 2 rings (SSSR count). The van der Waals surface area contributed by atoms with Crippen molar-refractivity contribution in [3.05, 3.63) is 53.9 Å². The van der Waals surface area contributed by atoms with Crippen LogP contribution in [0.3, 0.4) is 0 Å². The minimum absolute atomic E-state index is 0.793. The molecular formula is C36H59N2O+. The second-order valence-electron chi connectivity index (χ2n) is 11.0. The summed E-state index contributed by atoms with van der Waals surface area (Å²) in [5.74, 6) is 1.00. The first kappa shape index (κ1) is 32.9. The van der Waals surface area contributed by atoms with Gasteiger partial charge in [0.1, 0.15) is 12.3 Å². The standard InChI is InChI=1S/C36H59N2O/c1-5-9-10-11-12-13-14-15-16-17-18-19-20-23-31-39-36-32-35(37(7-3)8-4)28-26-33(36)25-27-34-24-21-22-30-38(34)29-6-2/h21-22,24-28,30,32H,5-20,23,29,31H2,1-4H3/q+1. The summed E-state index contributed by atoms with van der Waals surface area (Å²) in [4.78, 5) is 2.39. The number of hydrogen-bond donors (Lipinski definition) is 0. The predicted molar refractivity (Wildman–Crippen MR) is 172 cm³/mol. The Balaban J connectivity index is 1.78. The SMILES string of the molecule is CCCCCCCCCCCCCCCCOc1cc(N(CC)CC)ccc1/C=C/c1cccc[n+]1CCC. The molecule has 0 aliphatic heterocycles. The lowest BCUT2D eigenvalue weighted by Gasteiger charge is -2.22. The van der Waals surface area contributed by atoms with Crippen molar-refractivity contribution in [1.29, 1.82) is 0 Å². The number of aryl methyl sites for hydroxylation is 1. The van der Waals surface area contributed by atoms with E-state index in [1.165, 1.54) is 94.9 Å². The molecule has 0 N–H and O–H groups in total. The number of anilines is 1. The van der Waals surface area contributed by atoms with E-state index in [-0.39, 0.29) is 0 Å². The van der Waals surface area contributed by atoms with Crippen LogP contribution in [0.4, 0.5) is 5.69 Å². The lowest BCUT2D eigenvalue weighted by atomic mass is 10.0. The summed E-state index contributed by atoms with van der Waals surface area (Å²) in [5.41, 5.74) is 3.63. The average Bonchev–Trinajstić information content (AvgIpc) is 2.96. The van der Waals surface area contributed by atoms with Crippen molar-refractivity contribution in [1.82, 2.24) is 0 Å². The molecule has 1 heterocycles. The van der Waals surface area contributed by atoms with Crippen LogP contribution in [0.5, 0.6) is 5.75 Å². The maximum Gasteiger partial charge on any atom is 0.205 e. The summed E-state index contributed by atoms with van der Waals surface area (Å²) in [6, 6.07) is 13.1. The Morgan fingerprint density at radius 3 is 1.87 bits per heavy atom. The first-order chi connectivity index (χ1) is 19.2. The fourth-order valence-corrected chi connectivity index (χ4v) is 5.31. The van der Waals surface area contributed by atoms with E-state index in [9.17, 15) is 0 Å². The Bertz CT molecular complexity index is 903. The zero-order chi connectivity index (χ0) is 28.0. The van der Waals surface area contributed by atoms with E-state index in [0.717, 1.165) is 50.4 Å². The van der Waals surface area contributed by atoms with Crippen molar-refractivity contribution in [2.24, 2.45) is 0 Å². The lowest BCUT2D eigenvalue weighted by Crippen LogP contribution is -2.35. The van der Waals surface area contributed by atoms with Crippen LogP contribution >= 0.6 is 0 Å². The van der Waals surface area contributed by atoms with Crippen LogP contribution < -0.4 is 14.2 Å². The Morgan fingerprint density at radius 2 is 1.28 bits per heavy atom. The molecule has 0 aliphatic carbocycles. The van der Waals surface area contributed by atoms with Gasteiger partial charge < -0.3 is 9.64 Å². The smallest absolute Gasteiger partial charge is 0.205 e. The molecule has 0 saturated carbocycles. The molecule has 0 radical (unpaired) electrons. The minimum atomic E-state index is 0.793. The van der Waals surface area contributed by atoms with Gasteiger partial charge in [-0.25, -0.2) is 0 Å². The van der Waals surface area contributed by atoms with Crippen LogP contribution in [-0.4, -0.2) is 19.7 Å². The van der Waals surface area contributed by atoms with E-state index >= 15 is 0 Å². The highest BCUT2D eigenvalue weighted by Crippen LogP contribution is 2.28. The van der Waals surface area contributed by atoms with Crippen LogP contribution in [0.25, 0.3) is 12.2 Å². The van der Waals surface area contributed by atoms with Gasteiger partial charge in [0.15, 0.2) is 6.20 Å². The monoisotopic (exact) mass is 535 g/mol. The van der Waals surface area contributed by atoms with Crippen molar-refractivity contribution < 1.29 is 9.30 Å². The van der Waals surface area contributed by atoms with E-state index in [1.54, 1.807) is 0 Å². The van der Waals surface area contributed by atoms with Crippen LogP contribution in [-0.2, 0) is 6.54 Å². The van der Waals surface area contributed by atoms with Crippen molar-refractivity contribution in [2.75, 3.05) is 24.6 Å². The largest absolute Gasteiger partial charge is 0.493 e. The van der Waals surface area contributed by atoms with Crippen molar-refractivity contribution >= 4 is 17.8 Å². The molecule has 3 heteroatoms. The van der Waals surface area contributed by atoms with E-state index in [1.807, 2.05) is 0 Å². The molecule has 0 aliphatic rings. The van der Waals surface area contributed by atoms with Gasteiger partial charge in [-0.1, -0.05) is 97.3 Å². The second kappa shape index (κ2) is 21.5. The zero-order valence-corrected chi connectivity index (χ0v) is 25.9. The predicted octanol–water partition coefficient (Wildman–Crippen LogP) is 10.3. The summed E-state index contributed by atoms with van der Waals surface area (Å²) in [7, 11) is 0. The minimum Gasteiger partial charge on any atom is -0.493 e. The summed E-state index contributed by atoms with van der Waals surface area (Å²) in [5, 5.41) is 0. The van der Waals surface area contributed by atoms with E-state index in [0.29, 0.717) is 0 Å². The highest BCUT2D eigenvalue weighted by molar-refractivity contribution is 5.72. The third-order valence-corrected chi connectivity index (χ3v) is 7.76. The molecule has 3 nitrogen and oxygen atoms in total. The summed E-state index contributed by atoms with van der Waals surface area (Å²) in [6.07, 6.45) is 27.0. The third-order valence-electron chi connectivity index (χ3n) is 7.76. The summed E-state index contributed by atoms with van der Waals surface area (Å²) < 4.78 is 8.72. The number of ether oxygens (including phenoxy) is 1. The normalized spacial score (nSPS) is 11.4. The van der Waals surface area contributed by atoms with Gasteiger partial charge in [0, 0.05) is 55.0 Å². The number of hydrogen-bond acceptors (Lipinski definition) is 2. The van der Waals surface area contributed by atoms with Crippen LogP contribution in [0, 0.1) is 0 Å². The maximum atomic E-state index is 6.41. The van der Waals surface area contributed by atoms with Crippen LogP contribution in [0.15, 0.2) is 42.6 Å². The molecule has 218 valence electrons.